The maximum atomic E-state index is 11.0. The molecule has 0 aliphatic carbocycles. The van der Waals surface area contributed by atoms with Gasteiger partial charge >= 0.3 is 17.9 Å². The van der Waals surface area contributed by atoms with E-state index in [-0.39, 0.29) is 25.9 Å². The van der Waals surface area contributed by atoms with E-state index in [0.29, 0.717) is 0 Å². The van der Waals surface area contributed by atoms with Gasteiger partial charge in [-0.25, -0.2) is 0 Å². The van der Waals surface area contributed by atoms with Crippen molar-refractivity contribution in [2.45, 2.75) is 25.3 Å². The Balaban J connectivity index is 3.69. The van der Waals surface area contributed by atoms with E-state index >= 15 is 0 Å². The molecule has 0 amide bonds. The Kier molecular flexibility index (Phi) is 6.03. The summed E-state index contributed by atoms with van der Waals surface area (Å²) in [7, 11) is 0. The first-order chi connectivity index (χ1) is 6.93. The summed E-state index contributed by atoms with van der Waals surface area (Å²) < 4.78 is 4.51. The van der Waals surface area contributed by atoms with E-state index in [9.17, 15) is 14.4 Å². The number of carboxylic acids is 2. The number of hydrogen-bond donors (Lipinski definition) is 3. The molecule has 0 fully saturated rings. The lowest BCUT2D eigenvalue weighted by molar-refractivity contribution is -0.148. The zero-order valence-corrected chi connectivity index (χ0v) is 8.01. The SMILES string of the molecule is N[C@@H](CCC(=O)O)C(=O)OCCC(=O)O. The molecule has 0 heterocycles. The first-order valence-electron chi connectivity index (χ1n) is 4.29. The molecule has 86 valence electrons. The van der Waals surface area contributed by atoms with E-state index in [4.69, 9.17) is 15.9 Å². The largest absolute Gasteiger partial charge is 0.481 e. The maximum Gasteiger partial charge on any atom is 0.322 e. The Bertz CT molecular complexity index is 252. The minimum absolute atomic E-state index is 0.0265. The molecule has 7 heteroatoms. The Hall–Kier alpha value is -1.63. The van der Waals surface area contributed by atoms with E-state index in [2.05, 4.69) is 4.74 Å². The lowest BCUT2D eigenvalue weighted by Gasteiger charge is -2.09. The Morgan fingerprint density at radius 3 is 2.13 bits per heavy atom. The topological polar surface area (TPSA) is 127 Å². The van der Waals surface area contributed by atoms with Gasteiger partial charge in [0.25, 0.3) is 0 Å². The summed E-state index contributed by atoms with van der Waals surface area (Å²) >= 11 is 0. The smallest absolute Gasteiger partial charge is 0.322 e. The Morgan fingerprint density at radius 1 is 1.13 bits per heavy atom. The number of carboxylic acid groups (broad SMARTS) is 2. The molecule has 7 nitrogen and oxygen atoms in total. The number of rotatable bonds is 7. The van der Waals surface area contributed by atoms with Crippen LogP contribution < -0.4 is 5.73 Å². The summed E-state index contributed by atoms with van der Waals surface area (Å²) in [5.74, 6) is -2.91. The minimum atomic E-state index is -1.08. The number of nitrogens with two attached hydrogens (primary N) is 1. The van der Waals surface area contributed by atoms with Crippen LogP contribution in [-0.4, -0.2) is 40.8 Å². The first-order valence-corrected chi connectivity index (χ1v) is 4.29. The van der Waals surface area contributed by atoms with Crippen molar-refractivity contribution in [3.05, 3.63) is 0 Å². The van der Waals surface area contributed by atoms with E-state index < -0.39 is 23.9 Å². The first kappa shape index (κ1) is 13.4. The van der Waals surface area contributed by atoms with Crippen LogP contribution in [0.25, 0.3) is 0 Å². The molecule has 0 aliphatic heterocycles. The molecule has 0 aromatic heterocycles. The van der Waals surface area contributed by atoms with Crippen molar-refractivity contribution in [3.8, 4) is 0 Å². The average Bonchev–Trinajstić information content (AvgIpc) is 2.13. The van der Waals surface area contributed by atoms with Gasteiger partial charge in [-0.15, -0.1) is 0 Å². The second kappa shape index (κ2) is 6.77. The third-order valence-corrected chi connectivity index (χ3v) is 1.53. The van der Waals surface area contributed by atoms with Gasteiger partial charge in [0.1, 0.15) is 12.6 Å². The van der Waals surface area contributed by atoms with Gasteiger partial charge in [0.15, 0.2) is 0 Å². The molecular weight excluding hydrogens is 206 g/mol. The molecule has 15 heavy (non-hydrogen) atoms. The van der Waals surface area contributed by atoms with Crippen molar-refractivity contribution in [1.82, 2.24) is 0 Å². The molecule has 0 spiro atoms. The van der Waals surface area contributed by atoms with Crippen LogP contribution in [0, 0.1) is 0 Å². The highest BCUT2D eigenvalue weighted by Crippen LogP contribution is 1.97. The lowest BCUT2D eigenvalue weighted by Crippen LogP contribution is -2.33. The molecule has 0 unspecified atom stereocenters. The summed E-state index contributed by atoms with van der Waals surface area (Å²) in [5, 5.41) is 16.5. The van der Waals surface area contributed by atoms with Crippen molar-refractivity contribution < 1.29 is 29.3 Å². The average molecular weight is 219 g/mol. The summed E-state index contributed by atoms with van der Waals surface area (Å²) in [6.07, 6.45) is -0.548. The zero-order chi connectivity index (χ0) is 11.8. The normalized spacial score (nSPS) is 11.8. The molecule has 0 aliphatic rings. The second-order valence-corrected chi connectivity index (χ2v) is 2.85. The summed E-state index contributed by atoms with van der Waals surface area (Å²) in [6.45, 7) is -0.255. The predicted octanol–water partition coefficient (Wildman–Crippen LogP) is -0.804. The summed E-state index contributed by atoms with van der Waals surface area (Å²) in [4.78, 5) is 31.2. The number of ether oxygens (including phenoxy) is 1. The third kappa shape index (κ3) is 7.44. The van der Waals surface area contributed by atoms with Gasteiger partial charge in [0, 0.05) is 6.42 Å². The van der Waals surface area contributed by atoms with Gasteiger partial charge in [-0.3, -0.25) is 14.4 Å². The molecule has 4 N–H and O–H groups in total. The monoisotopic (exact) mass is 219 g/mol. The number of carbonyl (C=O) groups excluding carboxylic acids is 1. The number of aliphatic carboxylic acids is 2. The van der Waals surface area contributed by atoms with Crippen molar-refractivity contribution >= 4 is 17.9 Å². The van der Waals surface area contributed by atoms with Crippen molar-refractivity contribution in [2.24, 2.45) is 5.73 Å². The van der Waals surface area contributed by atoms with Crippen LogP contribution in [0.2, 0.25) is 0 Å². The fraction of sp³-hybridized carbons (Fsp3) is 0.625. The molecule has 0 radical (unpaired) electrons. The fourth-order valence-electron chi connectivity index (χ4n) is 0.743. The van der Waals surface area contributed by atoms with Crippen LogP contribution in [0.15, 0.2) is 0 Å². The molecule has 0 bridgehead atoms. The Morgan fingerprint density at radius 2 is 1.67 bits per heavy atom. The molecular formula is C8H13NO6. The predicted molar refractivity (Wildman–Crippen MR) is 48.1 cm³/mol. The number of esters is 1. The maximum absolute atomic E-state index is 11.0. The van der Waals surface area contributed by atoms with Crippen molar-refractivity contribution in [3.63, 3.8) is 0 Å². The number of hydrogen-bond acceptors (Lipinski definition) is 5. The second-order valence-electron chi connectivity index (χ2n) is 2.85. The molecule has 0 rings (SSSR count). The van der Waals surface area contributed by atoms with Crippen molar-refractivity contribution in [2.75, 3.05) is 6.61 Å². The van der Waals surface area contributed by atoms with Gasteiger partial charge < -0.3 is 20.7 Å². The van der Waals surface area contributed by atoms with Crippen LogP contribution in [0.1, 0.15) is 19.3 Å². The van der Waals surface area contributed by atoms with Crippen LogP contribution in [-0.2, 0) is 19.1 Å². The molecule has 0 saturated carbocycles. The van der Waals surface area contributed by atoms with E-state index in [1.807, 2.05) is 0 Å². The Labute approximate surface area is 85.8 Å². The fourth-order valence-corrected chi connectivity index (χ4v) is 0.743. The van der Waals surface area contributed by atoms with Crippen LogP contribution in [0.5, 0.6) is 0 Å². The third-order valence-electron chi connectivity index (χ3n) is 1.53. The van der Waals surface area contributed by atoms with Crippen LogP contribution in [0.4, 0.5) is 0 Å². The molecule has 0 aromatic carbocycles. The molecule has 1 atom stereocenters. The van der Waals surface area contributed by atoms with Crippen LogP contribution in [0.3, 0.4) is 0 Å². The van der Waals surface area contributed by atoms with Gasteiger partial charge in [-0.1, -0.05) is 0 Å². The van der Waals surface area contributed by atoms with Gasteiger partial charge in [-0.2, -0.15) is 0 Å². The standard InChI is InChI=1S/C8H13NO6/c9-5(1-2-6(10)11)8(14)15-4-3-7(12)13/h5H,1-4,9H2,(H,10,11)(H,12,13)/t5-/m0/s1. The van der Waals surface area contributed by atoms with E-state index in [1.54, 1.807) is 0 Å². The molecule has 0 saturated heterocycles. The number of carbonyl (C=O) groups is 3. The minimum Gasteiger partial charge on any atom is -0.481 e. The summed E-state index contributed by atoms with van der Waals surface area (Å²) in [5.41, 5.74) is 5.30. The summed E-state index contributed by atoms with van der Waals surface area (Å²) in [6, 6.07) is -1.02. The highest BCUT2D eigenvalue weighted by Gasteiger charge is 2.16. The highest BCUT2D eigenvalue weighted by atomic mass is 16.5. The molecule has 0 aromatic rings. The van der Waals surface area contributed by atoms with E-state index in [0.717, 1.165) is 0 Å². The highest BCUT2D eigenvalue weighted by molar-refractivity contribution is 5.77. The van der Waals surface area contributed by atoms with E-state index in [1.165, 1.54) is 0 Å². The lowest BCUT2D eigenvalue weighted by atomic mass is 10.2. The van der Waals surface area contributed by atoms with Gasteiger partial charge in [0.05, 0.1) is 6.42 Å². The van der Waals surface area contributed by atoms with Gasteiger partial charge in [0.2, 0.25) is 0 Å². The zero-order valence-electron chi connectivity index (χ0n) is 8.01. The quantitative estimate of drug-likeness (QED) is 0.478. The van der Waals surface area contributed by atoms with Gasteiger partial charge in [-0.05, 0) is 6.42 Å². The van der Waals surface area contributed by atoms with Crippen molar-refractivity contribution in [1.29, 1.82) is 0 Å². The van der Waals surface area contributed by atoms with Crippen LogP contribution >= 0.6 is 0 Å².